The van der Waals surface area contributed by atoms with Gasteiger partial charge in [0.1, 0.15) is 0 Å². The zero-order valence-corrected chi connectivity index (χ0v) is 12.9. The van der Waals surface area contributed by atoms with E-state index < -0.39 is 0 Å². The molecule has 0 radical (unpaired) electrons. The highest BCUT2D eigenvalue weighted by atomic mass is 16.2. The summed E-state index contributed by atoms with van der Waals surface area (Å²) in [6.07, 6.45) is 3.84. The van der Waals surface area contributed by atoms with Crippen LogP contribution in [0.25, 0.3) is 10.9 Å². The van der Waals surface area contributed by atoms with Crippen LogP contribution in [0.3, 0.4) is 0 Å². The Kier molecular flexibility index (Phi) is 3.66. The van der Waals surface area contributed by atoms with Crippen molar-refractivity contribution in [2.24, 2.45) is 0 Å². The molecule has 4 rings (SSSR count). The minimum Gasteiger partial charge on any atom is -0.337 e. The van der Waals surface area contributed by atoms with E-state index >= 15 is 0 Å². The fourth-order valence-corrected chi connectivity index (χ4v) is 2.37. The number of pyridine rings is 1. The molecule has 0 aliphatic heterocycles. The highest BCUT2D eigenvalue weighted by Crippen LogP contribution is 2.23. The lowest BCUT2D eigenvalue weighted by Crippen LogP contribution is -2.30. The van der Waals surface area contributed by atoms with Crippen molar-refractivity contribution >= 4 is 34.3 Å². The molecule has 0 saturated heterocycles. The van der Waals surface area contributed by atoms with E-state index in [0.29, 0.717) is 17.7 Å². The quantitative estimate of drug-likeness (QED) is 0.687. The topological polar surface area (TPSA) is 91.8 Å². The lowest BCUT2D eigenvalue weighted by atomic mass is 10.2. The summed E-state index contributed by atoms with van der Waals surface area (Å²) >= 11 is 0. The molecule has 1 aromatic carbocycles. The lowest BCUT2D eigenvalue weighted by Gasteiger charge is -2.09. The Hall–Kier alpha value is -3.22. The first-order chi connectivity index (χ1) is 11.8. The minimum atomic E-state index is -0.245. The first kappa shape index (κ1) is 14.4. The zero-order valence-electron chi connectivity index (χ0n) is 12.9. The third-order valence-corrected chi connectivity index (χ3v) is 3.71. The summed E-state index contributed by atoms with van der Waals surface area (Å²) in [5.74, 6) is 0.996. The Morgan fingerprint density at radius 3 is 2.58 bits per heavy atom. The maximum atomic E-state index is 11.7. The Labute approximate surface area is 138 Å². The van der Waals surface area contributed by atoms with E-state index in [1.165, 1.54) is 0 Å². The van der Waals surface area contributed by atoms with Crippen LogP contribution in [0.2, 0.25) is 0 Å². The van der Waals surface area contributed by atoms with Crippen LogP contribution < -0.4 is 16.0 Å². The smallest absolute Gasteiger partial charge is 0.320 e. The number of carbonyl (C=O) groups excluding carboxylic acids is 1. The molecule has 2 aromatic heterocycles. The summed E-state index contributed by atoms with van der Waals surface area (Å²) in [5, 5.41) is 17.9. The van der Waals surface area contributed by atoms with Gasteiger partial charge in [0, 0.05) is 17.6 Å². The number of amides is 2. The fourth-order valence-electron chi connectivity index (χ4n) is 2.37. The molecule has 0 atom stereocenters. The number of rotatable bonds is 4. The van der Waals surface area contributed by atoms with Crippen LogP contribution >= 0.6 is 0 Å². The maximum absolute atomic E-state index is 11.7. The molecule has 3 N–H and O–H groups in total. The molecule has 1 aliphatic carbocycles. The van der Waals surface area contributed by atoms with Gasteiger partial charge in [-0.25, -0.2) is 4.79 Å². The molecular formula is C17H16N6O. The SMILES string of the molecule is O=C(Nc1ccc(Nc2cccc3cccnc23)nn1)NC1CC1. The van der Waals surface area contributed by atoms with Gasteiger partial charge in [0.05, 0.1) is 11.2 Å². The van der Waals surface area contributed by atoms with Crippen molar-refractivity contribution in [2.45, 2.75) is 18.9 Å². The summed E-state index contributed by atoms with van der Waals surface area (Å²) in [4.78, 5) is 16.1. The second-order valence-electron chi connectivity index (χ2n) is 5.68. The van der Waals surface area contributed by atoms with Crippen LogP contribution in [0.5, 0.6) is 0 Å². The van der Waals surface area contributed by atoms with Gasteiger partial charge in [0.25, 0.3) is 0 Å². The monoisotopic (exact) mass is 320 g/mol. The molecule has 1 saturated carbocycles. The van der Waals surface area contributed by atoms with Crippen LogP contribution in [0, 0.1) is 0 Å². The van der Waals surface area contributed by atoms with Crippen LogP contribution in [0.15, 0.2) is 48.7 Å². The average molecular weight is 320 g/mol. The van der Waals surface area contributed by atoms with Crippen LogP contribution in [-0.4, -0.2) is 27.3 Å². The van der Waals surface area contributed by atoms with Crippen molar-refractivity contribution < 1.29 is 4.79 Å². The second-order valence-corrected chi connectivity index (χ2v) is 5.68. The van der Waals surface area contributed by atoms with Crippen molar-refractivity contribution in [3.8, 4) is 0 Å². The number of anilines is 3. The highest BCUT2D eigenvalue weighted by molar-refractivity contribution is 5.92. The van der Waals surface area contributed by atoms with Gasteiger partial charge in [-0.2, -0.15) is 0 Å². The molecule has 24 heavy (non-hydrogen) atoms. The molecule has 7 heteroatoms. The van der Waals surface area contributed by atoms with E-state index in [1.54, 1.807) is 18.3 Å². The fraction of sp³-hybridized carbons (Fsp3) is 0.176. The summed E-state index contributed by atoms with van der Waals surface area (Å²) in [6, 6.07) is 13.3. The Balaban J connectivity index is 1.47. The summed E-state index contributed by atoms with van der Waals surface area (Å²) in [6.45, 7) is 0. The number of hydrogen-bond donors (Lipinski definition) is 3. The van der Waals surface area contributed by atoms with E-state index in [-0.39, 0.29) is 6.03 Å². The Morgan fingerprint density at radius 1 is 1.00 bits per heavy atom. The highest BCUT2D eigenvalue weighted by Gasteiger charge is 2.23. The number of aromatic nitrogens is 3. The van der Waals surface area contributed by atoms with Gasteiger partial charge in [0.2, 0.25) is 0 Å². The standard InChI is InChI=1S/C17H16N6O/c24-17(19-12-6-7-12)21-15-9-8-14(22-23-15)20-13-5-1-3-11-4-2-10-18-16(11)13/h1-5,8-10,12H,6-7H2,(H,20,22)(H2,19,21,23,24). The first-order valence-corrected chi connectivity index (χ1v) is 7.80. The molecule has 120 valence electrons. The Morgan fingerprint density at radius 2 is 1.79 bits per heavy atom. The van der Waals surface area contributed by atoms with E-state index in [0.717, 1.165) is 29.4 Å². The maximum Gasteiger partial charge on any atom is 0.320 e. The number of nitrogens with zero attached hydrogens (tertiary/aromatic N) is 3. The Bertz CT molecular complexity index is 870. The van der Waals surface area contributed by atoms with Crippen LogP contribution in [0.1, 0.15) is 12.8 Å². The van der Waals surface area contributed by atoms with Crippen molar-refractivity contribution in [1.82, 2.24) is 20.5 Å². The molecule has 2 amide bonds. The molecule has 0 unspecified atom stereocenters. The predicted molar refractivity (Wildman–Crippen MR) is 92.2 cm³/mol. The van der Waals surface area contributed by atoms with Gasteiger partial charge in [-0.05, 0) is 37.1 Å². The van der Waals surface area contributed by atoms with E-state index in [4.69, 9.17) is 0 Å². The van der Waals surface area contributed by atoms with E-state index in [9.17, 15) is 4.79 Å². The third-order valence-electron chi connectivity index (χ3n) is 3.71. The van der Waals surface area contributed by atoms with Crippen molar-refractivity contribution in [3.63, 3.8) is 0 Å². The number of benzene rings is 1. The normalized spacial score (nSPS) is 13.5. The van der Waals surface area contributed by atoms with Crippen LogP contribution in [0.4, 0.5) is 22.1 Å². The van der Waals surface area contributed by atoms with Gasteiger partial charge in [0.15, 0.2) is 11.6 Å². The van der Waals surface area contributed by atoms with Gasteiger partial charge >= 0.3 is 6.03 Å². The van der Waals surface area contributed by atoms with Gasteiger partial charge in [-0.3, -0.25) is 10.3 Å². The molecule has 0 spiro atoms. The second kappa shape index (κ2) is 6.11. The molecule has 1 aliphatic rings. The van der Waals surface area contributed by atoms with Crippen molar-refractivity contribution in [1.29, 1.82) is 0 Å². The van der Waals surface area contributed by atoms with E-state index in [2.05, 4.69) is 31.1 Å². The van der Waals surface area contributed by atoms with Crippen molar-refractivity contribution in [2.75, 3.05) is 10.6 Å². The number of nitrogens with one attached hydrogen (secondary N) is 3. The lowest BCUT2D eigenvalue weighted by molar-refractivity contribution is 0.251. The molecule has 2 heterocycles. The number of fused-ring (bicyclic) bond motifs is 1. The molecule has 1 fully saturated rings. The molecular weight excluding hydrogens is 304 g/mol. The van der Waals surface area contributed by atoms with Crippen LogP contribution in [-0.2, 0) is 0 Å². The average Bonchev–Trinajstić information content (AvgIpc) is 3.41. The minimum absolute atomic E-state index is 0.245. The largest absolute Gasteiger partial charge is 0.337 e. The first-order valence-electron chi connectivity index (χ1n) is 7.80. The molecule has 0 bridgehead atoms. The van der Waals surface area contributed by atoms with Gasteiger partial charge in [-0.15, -0.1) is 10.2 Å². The van der Waals surface area contributed by atoms with E-state index in [1.807, 2.05) is 30.3 Å². The summed E-state index contributed by atoms with van der Waals surface area (Å²) in [5.41, 5.74) is 1.72. The third kappa shape index (κ3) is 3.24. The number of hydrogen-bond acceptors (Lipinski definition) is 5. The molecule has 7 nitrogen and oxygen atoms in total. The zero-order chi connectivity index (χ0) is 16.4. The summed E-state index contributed by atoms with van der Waals surface area (Å²) in [7, 11) is 0. The number of carbonyl (C=O) groups is 1. The van der Waals surface area contributed by atoms with Crippen molar-refractivity contribution in [3.05, 3.63) is 48.7 Å². The number of para-hydroxylation sites is 1. The summed E-state index contributed by atoms with van der Waals surface area (Å²) < 4.78 is 0. The predicted octanol–water partition coefficient (Wildman–Crippen LogP) is 3.05. The van der Waals surface area contributed by atoms with Gasteiger partial charge < -0.3 is 10.6 Å². The molecule has 3 aromatic rings. The number of urea groups is 1. The van der Waals surface area contributed by atoms with Gasteiger partial charge in [-0.1, -0.05) is 18.2 Å².